The fraction of sp³-hybridized carbons (Fsp3) is 0.300. The van der Waals surface area contributed by atoms with Crippen LogP contribution in [-0.2, 0) is 9.53 Å². The summed E-state index contributed by atoms with van der Waals surface area (Å²) in [6.45, 7) is 7.20. The Bertz CT molecular complexity index is 1150. The quantitative estimate of drug-likeness (QED) is 0.645. The van der Waals surface area contributed by atoms with Crippen LogP contribution in [0, 0.1) is 20.8 Å². The van der Waals surface area contributed by atoms with E-state index in [1.807, 2.05) is 32.9 Å². The molecule has 1 N–H and O–H groups in total. The van der Waals surface area contributed by atoms with Crippen molar-refractivity contribution in [2.45, 2.75) is 33.9 Å². The number of fused-ring (bicyclic) bond motifs is 1. The number of amides is 1. The van der Waals surface area contributed by atoms with Crippen molar-refractivity contribution in [1.82, 2.24) is 14.8 Å². The second-order valence-electron chi connectivity index (χ2n) is 6.77. The molecule has 1 amide bonds. The number of esters is 1. The number of nitrogens with one attached hydrogen (secondary N) is 1. The third-order valence-electron chi connectivity index (χ3n) is 4.41. The van der Waals surface area contributed by atoms with Crippen LogP contribution in [0.25, 0.3) is 16.7 Å². The summed E-state index contributed by atoms with van der Waals surface area (Å²) in [5.74, 6) is -3.46. The first-order chi connectivity index (χ1) is 14.0. The molecule has 158 valence electrons. The van der Waals surface area contributed by atoms with Crippen LogP contribution in [0.5, 0.6) is 0 Å². The molecule has 2 heterocycles. The van der Waals surface area contributed by atoms with E-state index >= 15 is 0 Å². The fourth-order valence-electron chi connectivity index (χ4n) is 3.11. The molecule has 0 radical (unpaired) electrons. The minimum Gasteiger partial charge on any atom is -0.462 e. The van der Waals surface area contributed by atoms with E-state index in [0.717, 1.165) is 33.0 Å². The van der Waals surface area contributed by atoms with Crippen LogP contribution in [0.2, 0.25) is 0 Å². The van der Waals surface area contributed by atoms with Gasteiger partial charge in [-0.1, -0.05) is 11.6 Å². The second kappa shape index (κ2) is 7.77. The number of benzene rings is 1. The van der Waals surface area contributed by atoms with Gasteiger partial charge in [0.2, 0.25) is 0 Å². The first-order valence-corrected chi connectivity index (χ1v) is 9.05. The summed E-state index contributed by atoms with van der Waals surface area (Å²) in [4.78, 5) is 28.3. The minimum absolute atomic E-state index is 0.00253. The summed E-state index contributed by atoms with van der Waals surface area (Å²) in [6.07, 6.45) is -4.12. The molecule has 30 heavy (non-hydrogen) atoms. The van der Waals surface area contributed by atoms with Gasteiger partial charge in [-0.25, -0.2) is 9.78 Å². The van der Waals surface area contributed by atoms with Gasteiger partial charge in [0, 0.05) is 5.39 Å². The monoisotopic (exact) mass is 420 g/mol. The Morgan fingerprint density at radius 3 is 2.47 bits per heavy atom. The number of nitrogens with zero attached hydrogens (tertiary/aromatic N) is 3. The van der Waals surface area contributed by atoms with Gasteiger partial charge in [-0.15, -0.1) is 0 Å². The smallest absolute Gasteiger partial charge is 0.462 e. The van der Waals surface area contributed by atoms with Crippen molar-refractivity contribution in [2.75, 3.05) is 11.9 Å². The minimum atomic E-state index is -5.15. The predicted octanol–water partition coefficient (Wildman–Crippen LogP) is 4.02. The van der Waals surface area contributed by atoms with E-state index < -0.39 is 23.9 Å². The van der Waals surface area contributed by atoms with E-state index in [-0.39, 0.29) is 18.0 Å². The topological polar surface area (TPSA) is 86.1 Å². The highest BCUT2D eigenvalue weighted by Crippen LogP contribution is 2.28. The maximum absolute atomic E-state index is 12.8. The Balaban J connectivity index is 2.20. The molecule has 0 atom stereocenters. The van der Waals surface area contributed by atoms with Crippen molar-refractivity contribution in [3.8, 4) is 5.82 Å². The number of aryl methyl sites for hydroxylation is 3. The Kier molecular flexibility index (Phi) is 5.51. The second-order valence-corrected chi connectivity index (χ2v) is 6.77. The lowest BCUT2D eigenvalue weighted by Gasteiger charge is -2.14. The number of pyridine rings is 1. The van der Waals surface area contributed by atoms with Gasteiger partial charge < -0.3 is 10.1 Å². The summed E-state index contributed by atoms with van der Waals surface area (Å²) in [6, 6.07) is 5.50. The van der Waals surface area contributed by atoms with E-state index in [1.165, 1.54) is 0 Å². The Morgan fingerprint density at radius 1 is 1.13 bits per heavy atom. The molecule has 0 saturated carbocycles. The van der Waals surface area contributed by atoms with Gasteiger partial charge in [0.25, 0.3) is 0 Å². The summed E-state index contributed by atoms with van der Waals surface area (Å²) >= 11 is 0. The van der Waals surface area contributed by atoms with Gasteiger partial charge in [0.15, 0.2) is 11.6 Å². The average molecular weight is 420 g/mol. The van der Waals surface area contributed by atoms with Gasteiger partial charge in [-0.3, -0.25) is 4.79 Å². The Morgan fingerprint density at radius 2 is 1.83 bits per heavy atom. The summed E-state index contributed by atoms with van der Waals surface area (Å²) in [7, 11) is 0. The average Bonchev–Trinajstić information content (AvgIpc) is 3.05. The summed E-state index contributed by atoms with van der Waals surface area (Å²) < 4.78 is 44.4. The SMILES string of the molecule is CCOC(=O)c1cnn(-c2cc(C)c3cc(C)cc(C)c3n2)c1NC(=O)C(F)(F)F. The van der Waals surface area contributed by atoms with Crippen LogP contribution in [0.1, 0.15) is 34.0 Å². The number of anilines is 1. The molecule has 1 aromatic carbocycles. The highest BCUT2D eigenvalue weighted by Gasteiger charge is 2.40. The van der Waals surface area contributed by atoms with E-state index in [0.29, 0.717) is 5.52 Å². The molecule has 0 fully saturated rings. The third kappa shape index (κ3) is 3.98. The molecule has 0 aliphatic rings. The van der Waals surface area contributed by atoms with Crippen LogP contribution in [-0.4, -0.2) is 39.4 Å². The summed E-state index contributed by atoms with van der Waals surface area (Å²) in [5, 5.41) is 6.60. The molecule has 3 aromatic rings. The zero-order valence-corrected chi connectivity index (χ0v) is 16.7. The molecule has 0 aliphatic carbocycles. The zero-order valence-electron chi connectivity index (χ0n) is 16.7. The van der Waals surface area contributed by atoms with Crippen LogP contribution in [0.15, 0.2) is 24.4 Å². The fourth-order valence-corrected chi connectivity index (χ4v) is 3.11. The number of aromatic nitrogens is 3. The predicted molar refractivity (Wildman–Crippen MR) is 104 cm³/mol. The number of halogens is 3. The number of carbonyl (C=O) groups excluding carboxylic acids is 2. The van der Waals surface area contributed by atoms with Crippen LogP contribution in [0.3, 0.4) is 0 Å². The van der Waals surface area contributed by atoms with E-state index in [2.05, 4.69) is 10.1 Å². The third-order valence-corrected chi connectivity index (χ3v) is 4.41. The molecule has 0 bridgehead atoms. The maximum Gasteiger partial charge on any atom is 0.471 e. The van der Waals surface area contributed by atoms with Crippen molar-refractivity contribution in [3.05, 3.63) is 46.6 Å². The van der Waals surface area contributed by atoms with E-state index in [1.54, 1.807) is 18.3 Å². The lowest BCUT2D eigenvalue weighted by Crippen LogP contribution is -2.31. The molecule has 3 rings (SSSR count). The van der Waals surface area contributed by atoms with E-state index in [9.17, 15) is 22.8 Å². The number of alkyl halides is 3. The van der Waals surface area contributed by atoms with Crippen molar-refractivity contribution in [2.24, 2.45) is 0 Å². The normalized spacial score (nSPS) is 11.6. The van der Waals surface area contributed by atoms with Gasteiger partial charge in [0.1, 0.15) is 5.56 Å². The number of hydrogen-bond acceptors (Lipinski definition) is 5. The largest absolute Gasteiger partial charge is 0.471 e. The van der Waals surface area contributed by atoms with Crippen LogP contribution < -0.4 is 5.32 Å². The maximum atomic E-state index is 12.8. The molecule has 2 aromatic heterocycles. The van der Waals surface area contributed by atoms with Gasteiger partial charge in [-0.2, -0.15) is 23.0 Å². The van der Waals surface area contributed by atoms with Gasteiger partial charge >= 0.3 is 18.1 Å². The van der Waals surface area contributed by atoms with Crippen LogP contribution in [0.4, 0.5) is 19.0 Å². The van der Waals surface area contributed by atoms with E-state index in [4.69, 9.17) is 4.74 Å². The Labute approximate surface area is 169 Å². The molecule has 0 spiro atoms. The molecular weight excluding hydrogens is 401 g/mol. The molecule has 0 aliphatic heterocycles. The summed E-state index contributed by atoms with van der Waals surface area (Å²) in [5.41, 5.74) is 3.04. The van der Waals surface area contributed by atoms with Crippen molar-refractivity contribution < 1.29 is 27.5 Å². The highest BCUT2D eigenvalue weighted by atomic mass is 19.4. The first-order valence-electron chi connectivity index (χ1n) is 9.05. The lowest BCUT2D eigenvalue weighted by atomic mass is 10.0. The highest BCUT2D eigenvalue weighted by molar-refractivity contribution is 6.02. The van der Waals surface area contributed by atoms with Crippen molar-refractivity contribution in [3.63, 3.8) is 0 Å². The van der Waals surface area contributed by atoms with Crippen molar-refractivity contribution >= 4 is 28.6 Å². The zero-order chi connectivity index (χ0) is 22.2. The molecule has 0 unspecified atom stereocenters. The lowest BCUT2D eigenvalue weighted by molar-refractivity contribution is -0.167. The molecule has 7 nitrogen and oxygen atoms in total. The van der Waals surface area contributed by atoms with Gasteiger partial charge in [0.05, 0.1) is 18.3 Å². The number of ether oxygens (including phenoxy) is 1. The van der Waals surface area contributed by atoms with Crippen molar-refractivity contribution in [1.29, 1.82) is 0 Å². The molecule has 10 heteroatoms. The van der Waals surface area contributed by atoms with Crippen LogP contribution >= 0.6 is 0 Å². The first kappa shape index (κ1) is 21.3. The number of rotatable bonds is 4. The molecule has 0 saturated heterocycles. The Hall–Kier alpha value is -3.43. The number of hydrogen-bond donors (Lipinski definition) is 1. The standard InChI is InChI=1S/C20H19F3N4O3/c1-5-30-18(28)14-9-24-27(17(14)26-19(29)20(21,22)23)15-8-11(3)13-7-10(2)6-12(4)16(13)25-15/h6-9H,5H2,1-4H3,(H,26,29). The molecular formula is C20H19F3N4O3. The number of carbonyl (C=O) groups is 2. The van der Waals surface area contributed by atoms with Gasteiger partial charge in [-0.05, 0) is 51.0 Å².